The summed E-state index contributed by atoms with van der Waals surface area (Å²) in [5.41, 5.74) is 0. The third-order valence-electron chi connectivity index (χ3n) is 4.14. The summed E-state index contributed by atoms with van der Waals surface area (Å²) in [6, 6.07) is 0. The molecule has 127 valence electrons. The molecule has 1 nitrogen and oxygen atoms in total. The Morgan fingerprint density at radius 3 is 1.29 bits per heavy atom. The van der Waals surface area contributed by atoms with Crippen molar-refractivity contribution in [2.45, 2.75) is 110 Å². The molecule has 0 atom stereocenters. The Hall–Kier alpha value is -0.0400. The van der Waals surface area contributed by atoms with Gasteiger partial charge in [-0.05, 0) is 12.8 Å². The van der Waals surface area contributed by atoms with E-state index < -0.39 is 0 Å². The van der Waals surface area contributed by atoms with Gasteiger partial charge in [0.25, 0.3) is 0 Å². The second kappa shape index (κ2) is 20.0. The predicted octanol–water partition coefficient (Wildman–Crippen LogP) is 7.10. The van der Waals surface area contributed by atoms with Gasteiger partial charge >= 0.3 is 0 Å². The molecule has 0 aromatic carbocycles. The minimum absolute atomic E-state index is 0.940. The van der Waals surface area contributed by atoms with Gasteiger partial charge in [0.1, 0.15) is 0 Å². The smallest absolute Gasteiger partial charge is 0.0466 e. The van der Waals surface area contributed by atoms with Gasteiger partial charge in [0.05, 0.1) is 0 Å². The van der Waals surface area contributed by atoms with Crippen molar-refractivity contribution in [3.8, 4) is 0 Å². The molecule has 0 aliphatic rings. The number of hydrogen-bond acceptors (Lipinski definition) is 1. The van der Waals surface area contributed by atoms with E-state index in [1.165, 1.54) is 89.9 Å². The van der Waals surface area contributed by atoms with Crippen LogP contribution < -0.4 is 0 Å². The zero-order chi connectivity index (χ0) is 15.4. The molecule has 0 amide bonds. The minimum atomic E-state index is 0.940. The maximum atomic E-state index is 5.49. The third kappa shape index (κ3) is 20.0. The molecular weight excluding hydrogens is 256 g/mol. The number of hydrogen-bond donors (Lipinski definition) is 0. The molecule has 0 aromatic rings. The van der Waals surface area contributed by atoms with Crippen molar-refractivity contribution in [3.63, 3.8) is 0 Å². The average Bonchev–Trinajstić information content (AvgIpc) is 2.50. The van der Waals surface area contributed by atoms with E-state index in [9.17, 15) is 0 Å². The van der Waals surface area contributed by atoms with Gasteiger partial charge in [0, 0.05) is 13.2 Å². The van der Waals surface area contributed by atoms with Gasteiger partial charge < -0.3 is 4.74 Å². The zero-order valence-corrected chi connectivity index (χ0v) is 14.8. The van der Waals surface area contributed by atoms with E-state index in [0.717, 1.165) is 26.1 Å². The third-order valence-corrected chi connectivity index (χ3v) is 4.14. The summed E-state index contributed by atoms with van der Waals surface area (Å²) in [6.07, 6.45) is 22.0. The van der Waals surface area contributed by atoms with E-state index in [2.05, 4.69) is 13.8 Å². The van der Waals surface area contributed by atoms with Crippen molar-refractivity contribution in [1.29, 1.82) is 0 Å². The number of ether oxygens (including phenoxy) is 1. The van der Waals surface area contributed by atoms with E-state index in [-0.39, 0.29) is 0 Å². The Morgan fingerprint density at radius 1 is 0.524 bits per heavy atom. The first kappa shape index (κ1) is 21.0. The van der Waals surface area contributed by atoms with E-state index in [1.807, 2.05) is 0 Å². The fourth-order valence-electron chi connectivity index (χ4n) is 2.75. The van der Waals surface area contributed by atoms with Gasteiger partial charge in [-0.25, -0.2) is 0 Å². The van der Waals surface area contributed by atoms with Crippen molar-refractivity contribution in [1.82, 2.24) is 0 Å². The lowest BCUT2D eigenvalue weighted by atomic mass is 10.0. The van der Waals surface area contributed by atoms with E-state index >= 15 is 0 Å². The monoisotopic (exact) mass is 297 g/mol. The molecule has 1 radical (unpaired) electrons. The average molecular weight is 298 g/mol. The summed E-state index contributed by atoms with van der Waals surface area (Å²) in [5.74, 6) is 0. The molecule has 0 rings (SSSR count). The van der Waals surface area contributed by atoms with Crippen LogP contribution in [-0.2, 0) is 4.74 Å². The maximum absolute atomic E-state index is 5.49. The Bertz CT molecular complexity index is 149. The van der Waals surface area contributed by atoms with Gasteiger partial charge in [-0.15, -0.1) is 0 Å². The van der Waals surface area contributed by atoms with Crippen molar-refractivity contribution in [2.24, 2.45) is 0 Å². The molecule has 0 saturated heterocycles. The van der Waals surface area contributed by atoms with E-state index in [1.54, 1.807) is 0 Å². The second-order valence-corrected chi connectivity index (χ2v) is 6.42. The Morgan fingerprint density at radius 2 is 0.905 bits per heavy atom. The van der Waals surface area contributed by atoms with Crippen LogP contribution in [0, 0.1) is 6.92 Å². The van der Waals surface area contributed by atoms with Crippen molar-refractivity contribution >= 4 is 0 Å². The van der Waals surface area contributed by atoms with Gasteiger partial charge in [0.2, 0.25) is 0 Å². The molecule has 0 unspecified atom stereocenters. The molecule has 0 saturated carbocycles. The van der Waals surface area contributed by atoms with Gasteiger partial charge in [-0.2, -0.15) is 0 Å². The highest BCUT2D eigenvalue weighted by Gasteiger charge is 1.94. The predicted molar refractivity (Wildman–Crippen MR) is 95.7 cm³/mol. The zero-order valence-electron chi connectivity index (χ0n) is 14.8. The van der Waals surface area contributed by atoms with Gasteiger partial charge in [-0.3, -0.25) is 0 Å². The first-order valence-corrected chi connectivity index (χ1v) is 9.78. The maximum Gasteiger partial charge on any atom is 0.0466 e. The van der Waals surface area contributed by atoms with Crippen LogP contribution >= 0.6 is 0 Å². The van der Waals surface area contributed by atoms with Crippen LogP contribution in [0.5, 0.6) is 0 Å². The highest BCUT2D eigenvalue weighted by molar-refractivity contribution is 4.50. The number of rotatable bonds is 18. The summed E-state index contributed by atoms with van der Waals surface area (Å²) >= 11 is 0. The van der Waals surface area contributed by atoms with Gasteiger partial charge in [0.15, 0.2) is 0 Å². The fourth-order valence-corrected chi connectivity index (χ4v) is 2.75. The van der Waals surface area contributed by atoms with Crippen LogP contribution in [0.4, 0.5) is 0 Å². The van der Waals surface area contributed by atoms with Crippen LogP contribution in [0.1, 0.15) is 110 Å². The van der Waals surface area contributed by atoms with Crippen LogP contribution in [-0.4, -0.2) is 13.2 Å². The Balaban J connectivity index is 2.90. The standard InChI is InChI=1S/C20H41O/c1-3-5-6-7-8-9-10-11-12-13-14-15-16-17-18-20-21-19-4-2/h1,3-20H2,2H3. The summed E-state index contributed by atoms with van der Waals surface area (Å²) in [6.45, 7) is 7.98. The normalized spacial score (nSPS) is 11.1. The Labute approximate surface area is 135 Å². The fraction of sp³-hybridized carbons (Fsp3) is 0.950. The molecule has 0 aromatic heterocycles. The molecule has 0 heterocycles. The van der Waals surface area contributed by atoms with E-state index in [4.69, 9.17) is 4.74 Å². The van der Waals surface area contributed by atoms with Crippen LogP contribution in [0.3, 0.4) is 0 Å². The molecule has 1 heteroatoms. The molecule has 0 N–H and O–H groups in total. The molecule has 0 spiro atoms. The topological polar surface area (TPSA) is 9.23 Å². The molecule has 21 heavy (non-hydrogen) atoms. The lowest BCUT2D eigenvalue weighted by Crippen LogP contribution is -1.95. The summed E-state index contributed by atoms with van der Waals surface area (Å²) in [7, 11) is 0. The molecule has 0 fully saturated rings. The second-order valence-electron chi connectivity index (χ2n) is 6.42. The molecule has 0 aliphatic carbocycles. The summed E-state index contributed by atoms with van der Waals surface area (Å²) < 4.78 is 5.49. The molecule has 0 aliphatic heterocycles. The summed E-state index contributed by atoms with van der Waals surface area (Å²) in [4.78, 5) is 0. The quantitative estimate of drug-likeness (QED) is 0.245. The minimum Gasteiger partial charge on any atom is -0.381 e. The van der Waals surface area contributed by atoms with Crippen molar-refractivity contribution in [3.05, 3.63) is 6.92 Å². The molecular formula is C20H41O. The Kier molecular flexibility index (Phi) is 19.9. The molecule has 0 bridgehead atoms. The van der Waals surface area contributed by atoms with E-state index in [0.29, 0.717) is 0 Å². The van der Waals surface area contributed by atoms with Crippen LogP contribution in [0.2, 0.25) is 0 Å². The highest BCUT2D eigenvalue weighted by Crippen LogP contribution is 2.13. The van der Waals surface area contributed by atoms with Crippen molar-refractivity contribution in [2.75, 3.05) is 13.2 Å². The van der Waals surface area contributed by atoms with Gasteiger partial charge in [-0.1, -0.05) is 104 Å². The van der Waals surface area contributed by atoms with Crippen molar-refractivity contribution < 1.29 is 4.74 Å². The lowest BCUT2D eigenvalue weighted by Gasteiger charge is -2.04. The summed E-state index contributed by atoms with van der Waals surface area (Å²) in [5, 5.41) is 0. The first-order chi connectivity index (χ1) is 10.4. The van der Waals surface area contributed by atoms with Crippen LogP contribution in [0.25, 0.3) is 0 Å². The number of unbranched alkanes of at least 4 members (excludes halogenated alkanes) is 14. The largest absolute Gasteiger partial charge is 0.381 e. The first-order valence-electron chi connectivity index (χ1n) is 9.78. The SMILES string of the molecule is [CH2]CCCCCCCCCCCCCCCCOCCC. The lowest BCUT2D eigenvalue weighted by molar-refractivity contribution is 0.130. The van der Waals surface area contributed by atoms with Crippen LogP contribution in [0.15, 0.2) is 0 Å². The highest BCUT2D eigenvalue weighted by atomic mass is 16.5.